The lowest BCUT2D eigenvalue weighted by atomic mass is 9.97. The third-order valence-electron chi connectivity index (χ3n) is 6.56. The molecule has 2 aromatic carbocycles. The predicted molar refractivity (Wildman–Crippen MR) is 128 cm³/mol. The van der Waals surface area contributed by atoms with Crippen molar-refractivity contribution >= 4 is 28.6 Å². The highest BCUT2D eigenvalue weighted by Crippen LogP contribution is 2.41. The van der Waals surface area contributed by atoms with Gasteiger partial charge in [-0.05, 0) is 24.5 Å². The van der Waals surface area contributed by atoms with E-state index in [0.29, 0.717) is 36.4 Å². The molecule has 0 amide bonds. The number of hydrogen-bond acceptors (Lipinski definition) is 4. The van der Waals surface area contributed by atoms with Crippen LogP contribution in [0.25, 0.3) is 17.0 Å². The minimum atomic E-state index is -1.29. The number of fused-ring (bicyclic) bond motifs is 1. The molecule has 0 radical (unpaired) electrons. The standard InChI is InChI=1S/C26H26FN3O3/c1-2-18-22-20(15-21(24(18)27)29-12-10-28-11-13-29)30(17-8-9-17)19(23(25(22)31)26(32)33)14-16-6-4-3-5-7-16/h2-7,15,17,28H,1,8-14H2,(H,32,33). The summed E-state index contributed by atoms with van der Waals surface area (Å²) < 4.78 is 17.6. The SMILES string of the molecule is C=Cc1c(F)c(N2CCNCC2)cc2c1c(=O)c(C(=O)O)c(Cc1ccccc1)n2C1CC1. The van der Waals surface area contributed by atoms with Gasteiger partial charge in [0.15, 0.2) is 5.82 Å². The number of carboxylic acid groups (broad SMARTS) is 1. The fourth-order valence-electron chi connectivity index (χ4n) is 4.86. The average molecular weight is 448 g/mol. The molecule has 0 unspecified atom stereocenters. The minimum absolute atomic E-state index is 0.0780. The number of benzene rings is 2. The Hall–Kier alpha value is -3.45. The van der Waals surface area contributed by atoms with Gasteiger partial charge < -0.3 is 19.9 Å². The Bertz CT molecular complexity index is 1310. The van der Waals surface area contributed by atoms with Crippen LogP contribution in [0.4, 0.5) is 10.1 Å². The molecule has 0 bridgehead atoms. The maximum Gasteiger partial charge on any atom is 0.341 e. The molecule has 1 saturated heterocycles. The van der Waals surface area contributed by atoms with E-state index in [1.807, 2.05) is 39.8 Å². The van der Waals surface area contributed by atoms with Gasteiger partial charge in [0.1, 0.15) is 5.56 Å². The number of carboxylic acids is 1. The molecule has 1 saturated carbocycles. The fourth-order valence-corrected chi connectivity index (χ4v) is 4.86. The summed E-state index contributed by atoms with van der Waals surface area (Å²) in [6.45, 7) is 6.54. The zero-order chi connectivity index (χ0) is 23.1. The molecule has 6 nitrogen and oxygen atoms in total. The molecular formula is C26H26FN3O3. The van der Waals surface area contributed by atoms with Crippen LogP contribution in [-0.2, 0) is 6.42 Å². The zero-order valence-electron chi connectivity index (χ0n) is 18.3. The Kier molecular flexibility index (Phi) is 5.50. The van der Waals surface area contributed by atoms with E-state index in [9.17, 15) is 14.7 Å². The van der Waals surface area contributed by atoms with Crippen molar-refractivity contribution in [1.29, 1.82) is 0 Å². The highest BCUT2D eigenvalue weighted by molar-refractivity contribution is 5.99. The molecule has 3 aromatic rings. The van der Waals surface area contributed by atoms with Crippen LogP contribution < -0.4 is 15.6 Å². The molecule has 2 aliphatic rings. The second kappa shape index (κ2) is 8.48. The monoisotopic (exact) mass is 447 g/mol. The Labute approximate surface area is 191 Å². The van der Waals surface area contributed by atoms with Crippen LogP contribution in [0.15, 0.2) is 47.8 Å². The maximum absolute atomic E-state index is 15.7. The molecular weight excluding hydrogens is 421 g/mol. The van der Waals surface area contributed by atoms with E-state index < -0.39 is 17.2 Å². The van der Waals surface area contributed by atoms with Gasteiger partial charge in [-0.25, -0.2) is 9.18 Å². The van der Waals surface area contributed by atoms with Gasteiger partial charge in [-0.2, -0.15) is 0 Å². The number of nitrogens with one attached hydrogen (secondary N) is 1. The molecule has 33 heavy (non-hydrogen) atoms. The average Bonchev–Trinajstić information content (AvgIpc) is 3.65. The van der Waals surface area contributed by atoms with Gasteiger partial charge in [0.05, 0.1) is 16.6 Å². The zero-order valence-corrected chi connectivity index (χ0v) is 18.3. The first kappa shape index (κ1) is 21.4. The van der Waals surface area contributed by atoms with Gasteiger partial charge >= 0.3 is 5.97 Å². The quantitative estimate of drug-likeness (QED) is 0.601. The van der Waals surface area contributed by atoms with E-state index in [2.05, 4.69) is 11.9 Å². The lowest BCUT2D eigenvalue weighted by molar-refractivity contribution is 0.0693. The number of carbonyl (C=O) groups is 1. The highest BCUT2D eigenvalue weighted by Gasteiger charge is 2.33. The Morgan fingerprint density at radius 3 is 2.52 bits per heavy atom. The summed E-state index contributed by atoms with van der Waals surface area (Å²) in [5.41, 5.74) is 1.55. The summed E-state index contributed by atoms with van der Waals surface area (Å²) in [7, 11) is 0. The van der Waals surface area contributed by atoms with Crippen molar-refractivity contribution in [3.05, 3.63) is 81.4 Å². The number of halogens is 1. The van der Waals surface area contributed by atoms with Crippen LogP contribution in [0.5, 0.6) is 0 Å². The molecule has 2 heterocycles. The smallest absolute Gasteiger partial charge is 0.341 e. The largest absolute Gasteiger partial charge is 0.477 e. The summed E-state index contributed by atoms with van der Waals surface area (Å²) in [5, 5.41) is 13.4. The number of pyridine rings is 1. The summed E-state index contributed by atoms with van der Waals surface area (Å²) in [6.07, 6.45) is 3.43. The van der Waals surface area contributed by atoms with Gasteiger partial charge in [0, 0.05) is 49.9 Å². The van der Waals surface area contributed by atoms with Crippen LogP contribution in [-0.4, -0.2) is 41.8 Å². The number of piperazine rings is 1. The Balaban J connectivity index is 1.86. The summed E-state index contributed by atoms with van der Waals surface area (Å²) >= 11 is 0. The van der Waals surface area contributed by atoms with E-state index in [1.54, 1.807) is 6.07 Å². The van der Waals surface area contributed by atoms with Gasteiger partial charge in [-0.1, -0.05) is 43.0 Å². The molecule has 1 aliphatic heterocycles. The van der Waals surface area contributed by atoms with Gasteiger partial charge in [-0.3, -0.25) is 4.79 Å². The van der Waals surface area contributed by atoms with Crippen molar-refractivity contribution in [2.24, 2.45) is 0 Å². The molecule has 0 atom stereocenters. The number of nitrogens with zero attached hydrogens (tertiary/aromatic N) is 2. The molecule has 7 heteroatoms. The lowest BCUT2D eigenvalue weighted by Crippen LogP contribution is -2.44. The first-order valence-electron chi connectivity index (χ1n) is 11.3. The van der Waals surface area contributed by atoms with E-state index in [-0.39, 0.29) is 22.6 Å². The minimum Gasteiger partial charge on any atom is -0.477 e. The van der Waals surface area contributed by atoms with Crippen molar-refractivity contribution in [1.82, 2.24) is 9.88 Å². The van der Waals surface area contributed by atoms with Crippen molar-refractivity contribution in [3.8, 4) is 0 Å². The number of aromatic nitrogens is 1. The maximum atomic E-state index is 15.7. The number of aromatic carboxylic acids is 1. The van der Waals surface area contributed by atoms with Crippen molar-refractivity contribution in [2.45, 2.75) is 25.3 Å². The molecule has 1 aliphatic carbocycles. The predicted octanol–water partition coefficient (Wildman–Crippen LogP) is 3.82. The molecule has 2 fully saturated rings. The summed E-state index contributed by atoms with van der Waals surface area (Å²) in [5.74, 6) is -1.81. The number of hydrogen-bond donors (Lipinski definition) is 2. The lowest BCUT2D eigenvalue weighted by Gasteiger charge is -2.31. The van der Waals surface area contributed by atoms with E-state index >= 15 is 4.39 Å². The summed E-state index contributed by atoms with van der Waals surface area (Å²) in [6, 6.07) is 11.3. The first-order valence-corrected chi connectivity index (χ1v) is 11.3. The van der Waals surface area contributed by atoms with Crippen LogP contribution in [0.3, 0.4) is 0 Å². The van der Waals surface area contributed by atoms with Crippen LogP contribution in [0.2, 0.25) is 0 Å². The van der Waals surface area contributed by atoms with Crippen LogP contribution in [0, 0.1) is 5.82 Å². The second-order valence-corrected chi connectivity index (χ2v) is 8.68. The van der Waals surface area contributed by atoms with Gasteiger partial charge in [0.2, 0.25) is 5.43 Å². The van der Waals surface area contributed by atoms with Crippen LogP contribution in [0.1, 0.15) is 46.1 Å². The van der Waals surface area contributed by atoms with E-state index in [1.165, 1.54) is 6.08 Å². The van der Waals surface area contributed by atoms with E-state index in [0.717, 1.165) is 31.5 Å². The summed E-state index contributed by atoms with van der Waals surface area (Å²) in [4.78, 5) is 27.9. The Morgan fingerprint density at radius 2 is 1.91 bits per heavy atom. The van der Waals surface area contributed by atoms with E-state index in [4.69, 9.17) is 0 Å². The molecule has 2 N–H and O–H groups in total. The fraction of sp³-hybridized carbons (Fsp3) is 0.308. The van der Waals surface area contributed by atoms with Crippen molar-refractivity contribution < 1.29 is 14.3 Å². The third-order valence-corrected chi connectivity index (χ3v) is 6.56. The molecule has 170 valence electrons. The highest BCUT2D eigenvalue weighted by atomic mass is 19.1. The third kappa shape index (κ3) is 3.72. The Morgan fingerprint density at radius 1 is 1.21 bits per heavy atom. The molecule has 0 spiro atoms. The van der Waals surface area contributed by atoms with Crippen LogP contribution >= 0.6 is 0 Å². The number of rotatable bonds is 6. The number of anilines is 1. The molecule has 1 aromatic heterocycles. The van der Waals surface area contributed by atoms with Gasteiger partial charge in [-0.15, -0.1) is 0 Å². The topological polar surface area (TPSA) is 74.6 Å². The second-order valence-electron chi connectivity index (χ2n) is 8.68. The van der Waals surface area contributed by atoms with Gasteiger partial charge in [0.25, 0.3) is 0 Å². The van der Waals surface area contributed by atoms with Crippen molar-refractivity contribution in [2.75, 3.05) is 31.1 Å². The normalized spacial score (nSPS) is 16.2. The first-order chi connectivity index (χ1) is 16.0. The van der Waals surface area contributed by atoms with Crippen molar-refractivity contribution in [3.63, 3.8) is 0 Å². The molecule has 5 rings (SSSR count).